The predicted octanol–water partition coefficient (Wildman–Crippen LogP) is -2.40. The minimum absolute atomic E-state index is 0.197. The first-order valence-electron chi connectivity index (χ1n) is 9.11. The van der Waals surface area contributed by atoms with Crippen LogP contribution < -0.4 is 22.5 Å². The molecule has 1 saturated heterocycles. The van der Waals surface area contributed by atoms with Gasteiger partial charge < -0.3 is 37.5 Å². The average molecular weight is 394 g/mol. The molecule has 3 rings (SSSR count). The number of anilines is 1. The molecule has 12 nitrogen and oxygen atoms in total. The van der Waals surface area contributed by atoms with Crippen LogP contribution in [0.5, 0.6) is 0 Å². The molecule has 1 aliphatic heterocycles. The Morgan fingerprint density at radius 3 is 2.86 bits per heavy atom. The highest BCUT2D eigenvalue weighted by Crippen LogP contribution is 2.31. The number of nitrogen functional groups attached to an aromatic ring is 1. The molecule has 2 aromatic heterocycles. The molecule has 0 bridgehead atoms. The normalized spacial score (nSPS) is 25.9. The number of hydrogen-bond donors (Lipinski definition) is 6. The molecule has 0 spiro atoms. The Bertz CT molecular complexity index is 815. The van der Waals surface area contributed by atoms with Gasteiger partial charge in [0.1, 0.15) is 24.1 Å². The van der Waals surface area contributed by atoms with E-state index in [1.807, 2.05) is 0 Å². The van der Waals surface area contributed by atoms with Gasteiger partial charge in [0.15, 0.2) is 17.7 Å². The molecule has 5 atom stereocenters. The number of carbonyl (C=O) groups excluding carboxylic acids is 1. The van der Waals surface area contributed by atoms with E-state index in [0.29, 0.717) is 24.1 Å². The van der Waals surface area contributed by atoms with Crippen LogP contribution in [0.15, 0.2) is 12.7 Å². The van der Waals surface area contributed by atoms with Crippen LogP contribution in [0.1, 0.15) is 25.5 Å². The molecule has 2 aromatic rings. The number of nitrogens with one attached hydrogen (secondary N) is 1. The Labute approximate surface area is 161 Å². The van der Waals surface area contributed by atoms with E-state index in [-0.39, 0.29) is 5.82 Å². The first kappa shape index (κ1) is 20.4. The molecule has 0 unspecified atom stereocenters. The number of aliphatic hydroxyl groups excluding tert-OH is 2. The maximum absolute atomic E-state index is 12.4. The second kappa shape index (κ2) is 8.75. The number of rotatable bonds is 8. The van der Waals surface area contributed by atoms with E-state index in [1.54, 1.807) is 0 Å². The summed E-state index contributed by atoms with van der Waals surface area (Å²) in [5.41, 5.74) is 17.9. The van der Waals surface area contributed by atoms with Gasteiger partial charge in [0.2, 0.25) is 5.91 Å². The number of fused-ring (bicyclic) bond motifs is 1. The number of unbranched alkanes of at least 4 members (excludes halogenated alkanes) is 1. The summed E-state index contributed by atoms with van der Waals surface area (Å²) in [5.74, 6) is -0.228. The summed E-state index contributed by atoms with van der Waals surface area (Å²) >= 11 is 0. The predicted molar refractivity (Wildman–Crippen MR) is 99.5 cm³/mol. The van der Waals surface area contributed by atoms with Crippen molar-refractivity contribution in [3.05, 3.63) is 12.7 Å². The average Bonchev–Trinajstić information content (AvgIpc) is 3.24. The maximum Gasteiger partial charge on any atom is 0.237 e. The fourth-order valence-electron chi connectivity index (χ4n) is 3.27. The van der Waals surface area contributed by atoms with Gasteiger partial charge in [-0.15, -0.1) is 0 Å². The molecular formula is C16H26N8O4. The smallest absolute Gasteiger partial charge is 0.237 e. The number of nitrogens with two attached hydrogens (primary N) is 3. The number of hydrogen-bond acceptors (Lipinski definition) is 10. The Morgan fingerprint density at radius 1 is 1.36 bits per heavy atom. The molecule has 154 valence electrons. The summed E-state index contributed by atoms with van der Waals surface area (Å²) in [5, 5.41) is 23.1. The van der Waals surface area contributed by atoms with Crippen molar-refractivity contribution in [1.82, 2.24) is 24.8 Å². The lowest BCUT2D eigenvalue weighted by Crippen LogP contribution is -2.53. The van der Waals surface area contributed by atoms with Gasteiger partial charge >= 0.3 is 0 Å². The fourth-order valence-corrected chi connectivity index (χ4v) is 3.27. The van der Waals surface area contributed by atoms with E-state index in [1.165, 1.54) is 17.2 Å². The van der Waals surface area contributed by atoms with Crippen molar-refractivity contribution in [1.29, 1.82) is 0 Å². The van der Waals surface area contributed by atoms with Gasteiger partial charge in [-0.3, -0.25) is 9.36 Å². The van der Waals surface area contributed by atoms with Gasteiger partial charge in [-0.1, -0.05) is 6.42 Å². The third-order valence-electron chi connectivity index (χ3n) is 4.83. The van der Waals surface area contributed by atoms with Crippen molar-refractivity contribution in [2.75, 3.05) is 18.9 Å². The van der Waals surface area contributed by atoms with Gasteiger partial charge in [0, 0.05) is 0 Å². The van der Waals surface area contributed by atoms with E-state index in [2.05, 4.69) is 20.3 Å². The maximum atomic E-state index is 12.4. The van der Waals surface area contributed by atoms with Crippen molar-refractivity contribution < 1.29 is 19.7 Å². The summed E-state index contributed by atoms with van der Waals surface area (Å²) in [6.45, 7) is 0.134. The second-order valence-electron chi connectivity index (χ2n) is 6.75. The standard InChI is InChI=1S/C16H26N8O4/c17-4-2-1-3-8(18)15(27)23-10-9(5-25)28-16(12(10)26)24-7-22-11-13(19)20-6-21-14(11)24/h6-10,12,16,25-26H,1-5,17-18H2,(H,23,27)(H2,19,20,21)/t8-,9+,10+,12+,16+/m0/s1. The number of carbonyl (C=O) groups is 1. The van der Waals surface area contributed by atoms with E-state index in [0.717, 1.165) is 12.8 Å². The van der Waals surface area contributed by atoms with E-state index < -0.39 is 43.0 Å². The second-order valence-corrected chi connectivity index (χ2v) is 6.75. The van der Waals surface area contributed by atoms with Gasteiger partial charge in [0.25, 0.3) is 0 Å². The van der Waals surface area contributed by atoms with Crippen LogP contribution in [0.3, 0.4) is 0 Å². The van der Waals surface area contributed by atoms with Gasteiger partial charge in [-0.25, -0.2) is 15.0 Å². The molecule has 0 saturated carbocycles. The summed E-state index contributed by atoms with van der Waals surface area (Å²) in [6.07, 6.45) is 1.76. The summed E-state index contributed by atoms with van der Waals surface area (Å²) < 4.78 is 7.25. The monoisotopic (exact) mass is 394 g/mol. The molecular weight excluding hydrogens is 368 g/mol. The number of aliphatic hydroxyl groups is 2. The summed E-state index contributed by atoms with van der Waals surface area (Å²) in [7, 11) is 0. The topological polar surface area (TPSA) is 200 Å². The molecule has 0 aromatic carbocycles. The Balaban J connectivity index is 1.75. The number of nitrogens with zero attached hydrogens (tertiary/aromatic N) is 4. The lowest BCUT2D eigenvalue weighted by Gasteiger charge is -2.22. The van der Waals surface area contributed by atoms with Crippen LogP contribution in [0, 0.1) is 0 Å². The van der Waals surface area contributed by atoms with Crippen LogP contribution in [-0.2, 0) is 9.53 Å². The molecule has 3 heterocycles. The SMILES string of the molecule is NCCCC[C@H](N)C(=O)N[C@H]1[C@@H](O)[C@H](n2cnc3c(N)ncnc32)O[C@@H]1CO. The third-order valence-corrected chi connectivity index (χ3v) is 4.83. The highest BCUT2D eigenvalue weighted by molar-refractivity contribution is 5.82. The van der Waals surface area contributed by atoms with Crippen molar-refractivity contribution in [2.45, 2.75) is 49.8 Å². The molecule has 12 heteroatoms. The van der Waals surface area contributed by atoms with Crippen LogP contribution in [0.2, 0.25) is 0 Å². The molecule has 1 fully saturated rings. The van der Waals surface area contributed by atoms with Crippen molar-refractivity contribution in [3.63, 3.8) is 0 Å². The molecule has 1 aliphatic rings. The quantitative estimate of drug-likeness (QED) is 0.262. The van der Waals surface area contributed by atoms with Crippen LogP contribution in [0.4, 0.5) is 5.82 Å². The lowest BCUT2D eigenvalue weighted by molar-refractivity contribution is -0.124. The Hall–Kier alpha value is -2.38. The third kappa shape index (κ3) is 3.91. The van der Waals surface area contributed by atoms with Crippen molar-refractivity contribution in [2.24, 2.45) is 11.5 Å². The first-order valence-corrected chi connectivity index (χ1v) is 9.11. The largest absolute Gasteiger partial charge is 0.394 e. The number of aromatic nitrogens is 4. The van der Waals surface area contributed by atoms with Crippen LogP contribution >= 0.6 is 0 Å². The lowest BCUT2D eigenvalue weighted by atomic mass is 10.0. The number of amides is 1. The zero-order valence-corrected chi connectivity index (χ0v) is 15.3. The van der Waals surface area contributed by atoms with Crippen molar-refractivity contribution in [3.8, 4) is 0 Å². The van der Waals surface area contributed by atoms with Gasteiger partial charge in [0.05, 0.1) is 25.0 Å². The zero-order valence-electron chi connectivity index (χ0n) is 15.3. The molecule has 0 radical (unpaired) electrons. The number of imidazole rings is 1. The van der Waals surface area contributed by atoms with Crippen LogP contribution in [0.25, 0.3) is 11.2 Å². The number of ether oxygens (including phenoxy) is 1. The Kier molecular flexibility index (Phi) is 6.36. The van der Waals surface area contributed by atoms with Crippen LogP contribution in [-0.4, -0.2) is 73.1 Å². The van der Waals surface area contributed by atoms with Gasteiger partial charge in [-0.2, -0.15) is 0 Å². The highest BCUT2D eigenvalue weighted by atomic mass is 16.5. The fraction of sp³-hybridized carbons (Fsp3) is 0.625. The minimum Gasteiger partial charge on any atom is -0.394 e. The first-order chi connectivity index (χ1) is 13.5. The van der Waals surface area contributed by atoms with E-state index in [9.17, 15) is 15.0 Å². The highest BCUT2D eigenvalue weighted by Gasteiger charge is 2.46. The molecule has 1 amide bonds. The van der Waals surface area contributed by atoms with Crippen molar-refractivity contribution >= 4 is 22.9 Å². The molecule has 28 heavy (non-hydrogen) atoms. The molecule has 0 aliphatic carbocycles. The summed E-state index contributed by atoms with van der Waals surface area (Å²) in [6, 6.07) is -1.58. The minimum atomic E-state index is -1.16. The Morgan fingerprint density at radius 2 is 2.14 bits per heavy atom. The van der Waals surface area contributed by atoms with E-state index >= 15 is 0 Å². The van der Waals surface area contributed by atoms with Gasteiger partial charge in [-0.05, 0) is 19.4 Å². The molecule has 9 N–H and O–H groups in total. The summed E-state index contributed by atoms with van der Waals surface area (Å²) in [4.78, 5) is 24.5. The van der Waals surface area contributed by atoms with E-state index in [4.69, 9.17) is 21.9 Å². The zero-order chi connectivity index (χ0) is 20.3.